The highest BCUT2D eigenvalue weighted by Crippen LogP contribution is 2.30. The number of hydrogen-bond acceptors (Lipinski definition) is 3. The molecule has 0 saturated heterocycles. The average Bonchev–Trinajstić information content (AvgIpc) is 2.65. The molecule has 1 aliphatic heterocycles. The second kappa shape index (κ2) is 10.3. The van der Waals surface area contributed by atoms with Crippen LogP contribution in [0.5, 0.6) is 11.5 Å². The standard InChI is InChI=1S/C20H24FN3O2.HI/c1-22-20(24(2)14-16-4-3-5-17(21)12-16)23-9-8-15-6-7-18-19(13-15)26-11-10-25-18;/h3-7,12-13H,8-11,14H2,1-2H3,(H,22,23);1H. The summed E-state index contributed by atoms with van der Waals surface area (Å²) in [6.07, 6.45) is 0.837. The molecule has 3 rings (SSSR count). The fourth-order valence-electron chi connectivity index (χ4n) is 2.93. The van der Waals surface area contributed by atoms with E-state index in [9.17, 15) is 4.39 Å². The third-order valence-electron chi connectivity index (χ3n) is 4.19. The first-order valence-electron chi connectivity index (χ1n) is 8.70. The number of guanidine groups is 1. The van der Waals surface area contributed by atoms with Crippen molar-refractivity contribution < 1.29 is 13.9 Å². The highest BCUT2D eigenvalue weighted by atomic mass is 127. The van der Waals surface area contributed by atoms with Gasteiger partial charge in [0.2, 0.25) is 0 Å². The van der Waals surface area contributed by atoms with Gasteiger partial charge in [0.1, 0.15) is 19.0 Å². The molecular weight excluding hydrogens is 460 g/mol. The van der Waals surface area contributed by atoms with E-state index in [2.05, 4.69) is 16.4 Å². The molecule has 0 aromatic heterocycles. The van der Waals surface area contributed by atoms with Crippen molar-refractivity contribution in [1.29, 1.82) is 0 Å². The average molecular weight is 485 g/mol. The van der Waals surface area contributed by atoms with Crippen LogP contribution in [0.2, 0.25) is 0 Å². The summed E-state index contributed by atoms with van der Waals surface area (Å²) in [6.45, 7) is 2.51. The summed E-state index contributed by atoms with van der Waals surface area (Å²) in [5.74, 6) is 2.16. The molecular formula is C20H25FIN3O2. The van der Waals surface area contributed by atoms with Gasteiger partial charge in [0.25, 0.3) is 0 Å². The topological polar surface area (TPSA) is 46.1 Å². The molecule has 0 amide bonds. The Morgan fingerprint density at radius 3 is 2.63 bits per heavy atom. The molecule has 5 nitrogen and oxygen atoms in total. The molecule has 27 heavy (non-hydrogen) atoms. The van der Waals surface area contributed by atoms with Crippen molar-refractivity contribution in [1.82, 2.24) is 10.2 Å². The summed E-state index contributed by atoms with van der Waals surface area (Å²) in [6, 6.07) is 12.6. The molecule has 2 aromatic rings. The van der Waals surface area contributed by atoms with Gasteiger partial charge in [-0.05, 0) is 41.8 Å². The van der Waals surface area contributed by atoms with Gasteiger partial charge in [-0.25, -0.2) is 4.39 Å². The van der Waals surface area contributed by atoms with Crippen molar-refractivity contribution in [2.24, 2.45) is 4.99 Å². The normalized spacial score (nSPS) is 12.9. The number of fused-ring (bicyclic) bond motifs is 1. The summed E-state index contributed by atoms with van der Waals surface area (Å²) in [7, 11) is 3.68. The molecule has 0 aliphatic carbocycles. The number of aliphatic imine (C=N–C) groups is 1. The molecule has 1 heterocycles. The first-order chi connectivity index (χ1) is 12.7. The quantitative estimate of drug-likeness (QED) is 0.401. The summed E-state index contributed by atoms with van der Waals surface area (Å²) >= 11 is 0. The summed E-state index contributed by atoms with van der Waals surface area (Å²) in [5, 5.41) is 3.34. The monoisotopic (exact) mass is 485 g/mol. The molecule has 0 saturated carbocycles. The van der Waals surface area contributed by atoms with E-state index in [0.29, 0.717) is 19.8 Å². The van der Waals surface area contributed by atoms with Crippen molar-refractivity contribution in [2.45, 2.75) is 13.0 Å². The van der Waals surface area contributed by atoms with Gasteiger partial charge in [0.15, 0.2) is 17.5 Å². The lowest BCUT2D eigenvalue weighted by Gasteiger charge is -2.22. The van der Waals surface area contributed by atoms with E-state index in [1.807, 2.05) is 30.1 Å². The maximum atomic E-state index is 13.3. The van der Waals surface area contributed by atoms with Crippen LogP contribution in [0.25, 0.3) is 0 Å². The zero-order valence-corrected chi connectivity index (χ0v) is 17.9. The van der Waals surface area contributed by atoms with Gasteiger partial charge in [-0.15, -0.1) is 24.0 Å². The lowest BCUT2D eigenvalue weighted by Crippen LogP contribution is -2.39. The number of ether oxygens (including phenoxy) is 2. The number of hydrogen-bond donors (Lipinski definition) is 1. The molecule has 1 aliphatic rings. The molecule has 0 radical (unpaired) electrons. The molecule has 7 heteroatoms. The van der Waals surface area contributed by atoms with E-state index >= 15 is 0 Å². The second-order valence-corrected chi connectivity index (χ2v) is 6.19. The summed E-state index contributed by atoms with van der Waals surface area (Å²) < 4.78 is 24.5. The minimum Gasteiger partial charge on any atom is -0.486 e. The number of rotatable bonds is 5. The van der Waals surface area contributed by atoms with Gasteiger partial charge in [-0.2, -0.15) is 0 Å². The third-order valence-corrected chi connectivity index (χ3v) is 4.19. The Morgan fingerprint density at radius 2 is 1.89 bits per heavy atom. The molecule has 146 valence electrons. The number of halogens is 2. The Bertz CT molecular complexity index is 786. The highest BCUT2D eigenvalue weighted by molar-refractivity contribution is 14.0. The van der Waals surface area contributed by atoms with E-state index in [1.54, 1.807) is 19.2 Å². The van der Waals surface area contributed by atoms with Crippen LogP contribution < -0.4 is 14.8 Å². The van der Waals surface area contributed by atoms with Gasteiger partial charge < -0.3 is 19.7 Å². The van der Waals surface area contributed by atoms with Crippen molar-refractivity contribution in [3.63, 3.8) is 0 Å². The minimum atomic E-state index is -0.225. The van der Waals surface area contributed by atoms with Crippen molar-refractivity contribution in [3.8, 4) is 11.5 Å². The Morgan fingerprint density at radius 1 is 1.11 bits per heavy atom. The molecule has 0 atom stereocenters. The number of nitrogens with zero attached hydrogens (tertiary/aromatic N) is 2. The first kappa shape index (κ1) is 21.3. The van der Waals surface area contributed by atoms with Crippen LogP contribution in [0.1, 0.15) is 11.1 Å². The van der Waals surface area contributed by atoms with Crippen molar-refractivity contribution >= 4 is 29.9 Å². The number of benzene rings is 2. The van der Waals surface area contributed by atoms with Crippen LogP contribution in [0.4, 0.5) is 4.39 Å². The third kappa shape index (κ3) is 5.98. The minimum absolute atomic E-state index is 0. The largest absolute Gasteiger partial charge is 0.486 e. The van der Waals surface area contributed by atoms with Gasteiger partial charge in [0.05, 0.1) is 0 Å². The fraction of sp³-hybridized carbons (Fsp3) is 0.350. The van der Waals surface area contributed by atoms with Gasteiger partial charge in [0, 0.05) is 27.2 Å². The van der Waals surface area contributed by atoms with E-state index in [-0.39, 0.29) is 29.8 Å². The fourth-order valence-corrected chi connectivity index (χ4v) is 2.93. The molecule has 1 N–H and O–H groups in total. The molecule has 0 bridgehead atoms. The van der Waals surface area contributed by atoms with Crippen LogP contribution >= 0.6 is 24.0 Å². The molecule has 0 fully saturated rings. The zero-order valence-electron chi connectivity index (χ0n) is 15.6. The highest BCUT2D eigenvalue weighted by Gasteiger charge is 2.12. The van der Waals surface area contributed by atoms with Crippen LogP contribution in [0.15, 0.2) is 47.5 Å². The van der Waals surface area contributed by atoms with E-state index in [0.717, 1.165) is 36.0 Å². The molecule has 0 spiro atoms. The van der Waals surface area contributed by atoms with Gasteiger partial charge >= 0.3 is 0 Å². The van der Waals surface area contributed by atoms with E-state index in [4.69, 9.17) is 9.47 Å². The lowest BCUT2D eigenvalue weighted by atomic mass is 10.1. The number of nitrogens with one attached hydrogen (secondary N) is 1. The predicted octanol–water partition coefficient (Wildman–Crippen LogP) is 3.46. The second-order valence-electron chi connectivity index (χ2n) is 6.19. The Balaban J connectivity index is 0.00000261. The van der Waals surface area contributed by atoms with Crippen LogP contribution in [0, 0.1) is 5.82 Å². The maximum absolute atomic E-state index is 13.3. The van der Waals surface area contributed by atoms with E-state index in [1.165, 1.54) is 11.6 Å². The van der Waals surface area contributed by atoms with Gasteiger partial charge in [-0.1, -0.05) is 18.2 Å². The Kier molecular flexibility index (Phi) is 8.15. The molecule has 0 unspecified atom stereocenters. The van der Waals surface area contributed by atoms with Crippen molar-refractivity contribution in [3.05, 3.63) is 59.4 Å². The van der Waals surface area contributed by atoms with Crippen LogP contribution in [-0.2, 0) is 13.0 Å². The smallest absolute Gasteiger partial charge is 0.193 e. The van der Waals surface area contributed by atoms with Crippen LogP contribution in [-0.4, -0.2) is 44.7 Å². The van der Waals surface area contributed by atoms with Crippen molar-refractivity contribution in [2.75, 3.05) is 33.9 Å². The Labute approximate surface area is 176 Å². The maximum Gasteiger partial charge on any atom is 0.193 e. The zero-order chi connectivity index (χ0) is 18.4. The SMILES string of the molecule is CN=C(NCCc1ccc2c(c1)OCCO2)N(C)Cc1cccc(F)c1.I. The first-order valence-corrected chi connectivity index (χ1v) is 8.70. The van der Waals surface area contributed by atoms with Gasteiger partial charge in [-0.3, -0.25) is 4.99 Å². The molecule has 2 aromatic carbocycles. The Hall–Kier alpha value is -2.03. The van der Waals surface area contributed by atoms with E-state index < -0.39 is 0 Å². The predicted molar refractivity (Wildman–Crippen MR) is 116 cm³/mol. The summed E-state index contributed by atoms with van der Waals surface area (Å²) in [4.78, 5) is 6.27. The lowest BCUT2D eigenvalue weighted by molar-refractivity contribution is 0.171. The van der Waals surface area contributed by atoms with Crippen LogP contribution in [0.3, 0.4) is 0 Å². The summed E-state index contributed by atoms with van der Waals surface area (Å²) in [5.41, 5.74) is 2.08.